The summed E-state index contributed by atoms with van der Waals surface area (Å²) in [6, 6.07) is 4.70. The molecule has 1 N–H and O–H groups in total. The first-order valence-corrected chi connectivity index (χ1v) is 4.65. The van der Waals surface area contributed by atoms with Crippen LogP contribution in [0.2, 0.25) is 0 Å². The first kappa shape index (κ1) is 15.3. The van der Waals surface area contributed by atoms with Gasteiger partial charge in [0.25, 0.3) is 5.69 Å². The Hall–Kier alpha value is -2.70. The summed E-state index contributed by atoms with van der Waals surface area (Å²) in [7, 11) is 0. The molecule has 7 nitrogen and oxygen atoms in total. The zero-order valence-electron chi connectivity index (χ0n) is 9.40. The van der Waals surface area contributed by atoms with Crippen molar-refractivity contribution in [1.29, 1.82) is 0 Å². The summed E-state index contributed by atoms with van der Waals surface area (Å²) in [6.45, 7) is 1.36. The van der Waals surface area contributed by atoms with Crippen molar-refractivity contribution in [2.45, 2.75) is 6.92 Å². The number of carboxylic acid groups (broad SMARTS) is 1. The van der Waals surface area contributed by atoms with Gasteiger partial charge in [0.2, 0.25) is 0 Å². The van der Waals surface area contributed by atoms with Crippen molar-refractivity contribution in [2.24, 2.45) is 0 Å². The molecule has 1 radical (unpaired) electrons. The van der Waals surface area contributed by atoms with Gasteiger partial charge in [0.1, 0.15) is 6.29 Å². The number of aldehydes is 1. The monoisotopic (exact) mass is 252 g/mol. The molecule has 1 aromatic carbocycles. The van der Waals surface area contributed by atoms with E-state index in [-0.39, 0.29) is 17.0 Å². The van der Waals surface area contributed by atoms with E-state index in [0.717, 1.165) is 18.2 Å². The lowest BCUT2D eigenvalue weighted by Crippen LogP contribution is -1.95. The Labute approximate surface area is 102 Å². The average Bonchev–Trinajstić information content (AvgIpc) is 2.30. The highest BCUT2D eigenvalue weighted by Gasteiger charge is 2.02. The average molecular weight is 252 g/mol. The van der Waals surface area contributed by atoms with Crippen molar-refractivity contribution >= 4 is 17.9 Å². The van der Waals surface area contributed by atoms with Gasteiger partial charge in [0.15, 0.2) is 5.75 Å². The van der Waals surface area contributed by atoms with Crippen molar-refractivity contribution in [3.63, 3.8) is 0 Å². The molecule has 18 heavy (non-hydrogen) atoms. The van der Waals surface area contributed by atoms with Gasteiger partial charge < -0.3 is 5.11 Å². The van der Waals surface area contributed by atoms with Gasteiger partial charge >= 0.3 is 5.97 Å². The second-order valence-corrected chi connectivity index (χ2v) is 3.04. The van der Waals surface area contributed by atoms with Crippen LogP contribution < -0.4 is 0 Å². The molecule has 0 aliphatic rings. The van der Waals surface area contributed by atoms with Gasteiger partial charge in [-0.25, -0.2) is 4.79 Å². The summed E-state index contributed by atoms with van der Waals surface area (Å²) in [6.07, 6.45) is 1.45. The minimum atomic E-state index is -1.06. The standard InChI is InChI=1S/C6H4NO3.C5H6O3/c8-6-3-1-5(2-4-6)7(9)10;1-4(2-3-6)5(7)8/h1-4H;2-3H,1H3,(H,7,8). The van der Waals surface area contributed by atoms with Crippen molar-refractivity contribution in [3.8, 4) is 5.75 Å². The number of aliphatic carboxylic acids is 1. The number of nitrogens with zero attached hydrogens (tertiary/aromatic N) is 1. The molecule has 1 rings (SSSR count). The van der Waals surface area contributed by atoms with Crippen LogP contribution in [0.4, 0.5) is 5.69 Å². The minimum absolute atomic E-state index is 0.0556. The fraction of sp³-hybridized carbons (Fsp3) is 0.0909. The maximum Gasteiger partial charge on any atom is 0.331 e. The lowest BCUT2D eigenvalue weighted by molar-refractivity contribution is -0.384. The molecule has 7 heteroatoms. The molecular weight excluding hydrogens is 242 g/mol. The number of nitro groups is 1. The third-order valence-electron chi connectivity index (χ3n) is 1.70. The molecule has 0 unspecified atom stereocenters. The molecule has 0 heterocycles. The van der Waals surface area contributed by atoms with E-state index in [1.54, 1.807) is 0 Å². The fourth-order valence-electron chi connectivity index (χ4n) is 0.741. The van der Waals surface area contributed by atoms with Crippen LogP contribution in [-0.4, -0.2) is 22.3 Å². The van der Waals surface area contributed by atoms with Gasteiger partial charge in [-0.05, 0) is 25.1 Å². The maximum atomic E-state index is 10.4. The molecule has 0 bridgehead atoms. The molecular formula is C11H10NO6. The Balaban J connectivity index is 0.000000331. The largest absolute Gasteiger partial charge is 0.478 e. The third-order valence-corrected chi connectivity index (χ3v) is 1.70. The van der Waals surface area contributed by atoms with E-state index < -0.39 is 10.9 Å². The number of non-ortho nitro benzene ring substituents is 1. The van der Waals surface area contributed by atoms with Crippen LogP contribution in [0.5, 0.6) is 5.75 Å². The highest BCUT2D eigenvalue weighted by Crippen LogP contribution is 2.15. The molecule has 0 saturated heterocycles. The topological polar surface area (TPSA) is 117 Å². The highest BCUT2D eigenvalue weighted by atomic mass is 16.6. The second-order valence-electron chi connectivity index (χ2n) is 3.04. The number of hydrogen-bond acceptors (Lipinski definition) is 4. The van der Waals surface area contributed by atoms with Crippen molar-refractivity contribution < 1.29 is 24.7 Å². The number of benzene rings is 1. The summed E-state index contributed by atoms with van der Waals surface area (Å²) in [5.74, 6) is -1.28. The van der Waals surface area contributed by atoms with E-state index in [2.05, 4.69) is 0 Å². The van der Waals surface area contributed by atoms with E-state index in [1.807, 2.05) is 0 Å². The Bertz CT molecular complexity index is 463. The van der Waals surface area contributed by atoms with Crippen LogP contribution >= 0.6 is 0 Å². The molecule has 0 atom stereocenters. The first-order valence-electron chi connectivity index (χ1n) is 4.65. The van der Waals surface area contributed by atoms with Gasteiger partial charge in [0, 0.05) is 17.7 Å². The van der Waals surface area contributed by atoms with Gasteiger partial charge in [0.05, 0.1) is 4.92 Å². The van der Waals surface area contributed by atoms with Gasteiger partial charge in [-0.2, -0.15) is 0 Å². The number of hydrogen-bond donors (Lipinski definition) is 1. The lowest BCUT2D eigenvalue weighted by Gasteiger charge is -1.87. The second kappa shape index (κ2) is 7.55. The number of allylic oxidation sites excluding steroid dienone is 1. The molecule has 1 aromatic rings. The van der Waals surface area contributed by atoms with Gasteiger partial charge in [-0.1, -0.05) is 0 Å². The maximum absolute atomic E-state index is 10.4. The SMILES string of the molecule is CC(=CC=O)C(=O)O.[O]c1ccc([N+](=O)[O-])cc1. The number of carboxylic acids is 1. The molecule has 0 aliphatic carbocycles. The highest BCUT2D eigenvalue weighted by molar-refractivity contribution is 5.90. The zero-order valence-corrected chi connectivity index (χ0v) is 9.40. The van der Waals surface area contributed by atoms with Crippen LogP contribution in [-0.2, 0) is 14.7 Å². The summed E-state index contributed by atoms with van der Waals surface area (Å²) < 4.78 is 0. The normalized spacial score (nSPS) is 9.94. The van der Waals surface area contributed by atoms with E-state index >= 15 is 0 Å². The van der Waals surface area contributed by atoms with Crippen LogP contribution in [0.25, 0.3) is 0 Å². The van der Waals surface area contributed by atoms with Crippen molar-refractivity contribution in [3.05, 3.63) is 46.0 Å². The summed E-state index contributed by atoms with van der Waals surface area (Å²) in [5.41, 5.74) is -0.000370. The number of rotatable bonds is 3. The molecule has 0 fully saturated rings. The van der Waals surface area contributed by atoms with Crippen LogP contribution in [0, 0.1) is 10.1 Å². The summed E-state index contributed by atoms with van der Waals surface area (Å²) in [5, 5.41) is 28.5. The van der Waals surface area contributed by atoms with Gasteiger partial charge in [-0.3, -0.25) is 20.0 Å². The molecule has 0 spiro atoms. The minimum Gasteiger partial charge on any atom is -0.478 e. The van der Waals surface area contributed by atoms with E-state index in [1.165, 1.54) is 19.1 Å². The fourth-order valence-corrected chi connectivity index (χ4v) is 0.741. The lowest BCUT2D eigenvalue weighted by atomic mass is 10.3. The Kier molecular flexibility index (Phi) is 6.42. The van der Waals surface area contributed by atoms with E-state index in [4.69, 9.17) is 5.11 Å². The molecule has 0 aromatic heterocycles. The van der Waals surface area contributed by atoms with Crippen LogP contribution in [0.15, 0.2) is 35.9 Å². The predicted molar refractivity (Wildman–Crippen MR) is 60.7 cm³/mol. The Morgan fingerprint density at radius 1 is 1.33 bits per heavy atom. The molecule has 95 valence electrons. The number of nitro benzene ring substituents is 1. The van der Waals surface area contributed by atoms with Crippen LogP contribution in [0.3, 0.4) is 0 Å². The summed E-state index contributed by atoms with van der Waals surface area (Å²) >= 11 is 0. The van der Waals surface area contributed by atoms with Crippen molar-refractivity contribution in [1.82, 2.24) is 0 Å². The predicted octanol–water partition coefficient (Wildman–Crippen LogP) is 1.95. The first-order chi connectivity index (χ1) is 8.38. The van der Waals surface area contributed by atoms with E-state index in [0.29, 0.717) is 6.29 Å². The van der Waals surface area contributed by atoms with Crippen LogP contribution in [0.1, 0.15) is 6.92 Å². The molecule has 0 amide bonds. The number of carbonyl (C=O) groups is 2. The van der Waals surface area contributed by atoms with E-state index in [9.17, 15) is 24.8 Å². The number of carbonyl (C=O) groups excluding carboxylic acids is 1. The quantitative estimate of drug-likeness (QED) is 0.381. The molecule has 0 aliphatic heterocycles. The third kappa shape index (κ3) is 6.01. The van der Waals surface area contributed by atoms with Gasteiger partial charge in [-0.15, -0.1) is 0 Å². The zero-order chi connectivity index (χ0) is 14.1. The smallest absolute Gasteiger partial charge is 0.331 e. The summed E-state index contributed by atoms with van der Waals surface area (Å²) in [4.78, 5) is 28.9. The Morgan fingerprint density at radius 2 is 1.83 bits per heavy atom. The van der Waals surface area contributed by atoms with Crippen molar-refractivity contribution in [2.75, 3.05) is 0 Å². The molecule has 0 saturated carbocycles. The Morgan fingerprint density at radius 3 is 2.11 bits per heavy atom.